The van der Waals surface area contributed by atoms with Crippen LogP contribution in [0.3, 0.4) is 0 Å². The topological polar surface area (TPSA) is 26.8 Å². The number of likely N-dealkylation sites (tertiary alicyclic amines) is 1. The average Bonchev–Trinajstić information content (AvgIpc) is 2.83. The molecule has 2 aliphatic rings. The Morgan fingerprint density at radius 2 is 1.39 bits per heavy atom. The summed E-state index contributed by atoms with van der Waals surface area (Å²) in [6.07, 6.45) is -9.59. The number of rotatable bonds is 3. The fourth-order valence-corrected chi connectivity index (χ4v) is 5.01. The Bertz CT molecular complexity index is 1040. The van der Waals surface area contributed by atoms with Gasteiger partial charge in [-0.1, -0.05) is 12.1 Å². The number of piperazine rings is 1. The van der Waals surface area contributed by atoms with Crippen molar-refractivity contribution in [3.05, 3.63) is 70.5 Å². The molecule has 2 aliphatic heterocycles. The number of nitrogens with zero attached hydrogens (tertiary/aromatic N) is 3. The van der Waals surface area contributed by atoms with Gasteiger partial charge in [0, 0.05) is 56.8 Å². The Labute approximate surface area is 204 Å². The van der Waals surface area contributed by atoms with Crippen LogP contribution in [0, 0.1) is 5.82 Å². The maximum atomic E-state index is 13.6. The zero-order valence-electron chi connectivity index (χ0n) is 19.5. The molecule has 2 fully saturated rings. The van der Waals surface area contributed by atoms with E-state index < -0.39 is 40.8 Å². The zero-order chi connectivity index (χ0) is 26.3. The van der Waals surface area contributed by atoms with Gasteiger partial charge in [0.1, 0.15) is 5.82 Å². The van der Waals surface area contributed by atoms with Gasteiger partial charge in [-0.2, -0.15) is 26.3 Å². The summed E-state index contributed by atoms with van der Waals surface area (Å²) in [6, 6.07) is 6.79. The summed E-state index contributed by atoms with van der Waals surface area (Å²) < 4.78 is 93.4. The fourth-order valence-electron chi connectivity index (χ4n) is 5.01. The summed E-state index contributed by atoms with van der Waals surface area (Å²) >= 11 is 0. The lowest BCUT2D eigenvalue weighted by Crippen LogP contribution is -2.56. The molecule has 2 aromatic carbocycles. The van der Waals surface area contributed by atoms with E-state index in [1.165, 1.54) is 17.0 Å². The monoisotopic (exact) mass is 517 g/mol. The molecule has 2 heterocycles. The first-order valence-corrected chi connectivity index (χ1v) is 11.6. The smallest absolute Gasteiger partial charge is 0.338 e. The number of benzene rings is 2. The molecule has 0 N–H and O–H groups in total. The first kappa shape index (κ1) is 26.4. The number of carbonyl (C=O) groups is 1. The van der Waals surface area contributed by atoms with Gasteiger partial charge in [-0.05, 0) is 49.4 Å². The molecule has 0 saturated carbocycles. The van der Waals surface area contributed by atoms with Crippen molar-refractivity contribution in [3.8, 4) is 0 Å². The van der Waals surface area contributed by atoms with Crippen molar-refractivity contribution in [2.75, 3.05) is 46.3 Å². The van der Waals surface area contributed by atoms with Crippen molar-refractivity contribution in [2.45, 2.75) is 30.7 Å². The molecular formula is C25H26F7N3O. The summed E-state index contributed by atoms with van der Waals surface area (Å²) in [4.78, 5) is 19.0. The molecular weight excluding hydrogens is 491 g/mol. The van der Waals surface area contributed by atoms with Crippen LogP contribution < -0.4 is 0 Å². The molecule has 4 nitrogen and oxygen atoms in total. The van der Waals surface area contributed by atoms with Crippen molar-refractivity contribution in [2.24, 2.45) is 0 Å². The lowest BCUT2D eigenvalue weighted by atomic mass is 9.84. The van der Waals surface area contributed by atoms with Crippen LogP contribution in [0.4, 0.5) is 30.7 Å². The minimum Gasteiger partial charge on any atom is -0.338 e. The van der Waals surface area contributed by atoms with Gasteiger partial charge in [0.15, 0.2) is 0 Å². The molecule has 0 aromatic heterocycles. The lowest BCUT2D eigenvalue weighted by Gasteiger charge is -2.46. The molecule has 0 bridgehead atoms. The van der Waals surface area contributed by atoms with Gasteiger partial charge in [-0.15, -0.1) is 0 Å². The van der Waals surface area contributed by atoms with E-state index in [9.17, 15) is 35.5 Å². The summed E-state index contributed by atoms with van der Waals surface area (Å²) in [5, 5.41) is 0. The van der Waals surface area contributed by atoms with E-state index in [-0.39, 0.29) is 31.1 Å². The number of carbonyl (C=O) groups excluding carboxylic acids is 1. The normalized spacial score (nSPS) is 22.6. The lowest BCUT2D eigenvalue weighted by molar-refractivity contribution is -0.143. The largest absolute Gasteiger partial charge is 0.416 e. The van der Waals surface area contributed by atoms with E-state index in [4.69, 9.17) is 0 Å². The number of amides is 1. The van der Waals surface area contributed by atoms with E-state index in [1.807, 2.05) is 7.05 Å². The van der Waals surface area contributed by atoms with Gasteiger partial charge in [0.05, 0.1) is 11.1 Å². The summed E-state index contributed by atoms with van der Waals surface area (Å²) in [5.41, 5.74) is -2.95. The predicted octanol–water partition coefficient (Wildman–Crippen LogP) is 5.11. The number of hydrogen-bond donors (Lipinski definition) is 0. The van der Waals surface area contributed by atoms with Gasteiger partial charge < -0.3 is 9.80 Å². The SMILES string of the molecule is CN1CCN([C@@H]2CCN(C(=O)c3cc(C(F)(F)F)cc(C(F)(F)F)c3)C[C@@H]2c2ccc(F)cc2)CC1. The van der Waals surface area contributed by atoms with Crippen LogP contribution in [-0.2, 0) is 12.4 Å². The highest BCUT2D eigenvalue weighted by molar-refractivity contribution is 5.95. The Kier molecular flexibility index (Phi) is 7.34. The molecule has 0 unspecified atom stereocenters. The van der Waals surface area contributed by atoms with E-state index in [1.54, 1.807) is 12.1 Å². The van der Waals surface area contributed by atoms with Crippen LogP contribution in [0.1, 0.15) is 39.4 Å². The Hall–Kier alpha value is -2.66. The van der Waals surface area contributed by atoms with Crippen molar-refractivity contribution in [1.29, 1.82) is 0 Å². The second kappa shape index (κ2) is 10.0. The number of hydrogen-bond acceptors (Lipinski definition) is 3. The minimum atomic E-state index is -5.04. The van der Waals surface area contributed by atoms with Crippen LogP contribution >= 0.6 is 0 Å². The fraction of sp³-hybridized carbons (Fsp3) is 0.480. The predicted molar refractivity (Wildman–Crippen MR) is 119 cm³/mol. The second-order valence-electron chi connectivity index (χ2n) is 9.40. The molecule has 0 spiro atoms. The van der Waals surface area contributed by atoms with Crippen LogP contribution in [0.15, 0.2) is 42.5 Å². The molecule has 4 rings (SSSR count). The van der Waals surface area contributed by atoms with Gasteiger partial charge in [0.2, 0.25) is 0 Å². The van der Waals surface area contributed by atoms with Gasteiger partial charge >= 0.3 is 12.4 Å². The summed E-state index contributed by atoms with van der Waals surface area (Å²) in [5.74, 6) is -1.60. The molecule has 36 heavy (non-hydrogen) atoms. The van der Waals surface area contributed by atoms with Crippen LogP contribution in [0.25, 0.3) is 0 Å². The van der Waals surface area contributed by atoms with Crippen molar-refractivity contribution in [3.63, 3.8) is 0 Å². The minimum absolute atomic E-state index is 0.000423. The molecule has 196 valence electrons. The maximum Gasteiger partial charge on any atom is 0.416 e. The Morgan fingerprint density at radius 1 is 0.833 bits per heavy atom. The highest BCUT2D eigenvalue weighted by atomic mass is 19.4. The first-order valence-electron chi connectivity index (χ1n) is 11.6. The maximum absolute atomic E-state index is 13.6. The van der Waals surface area contributed by atoms with Crippen molar-refractivity contribution in [1.82, 2.24) is 14.7 Å². The zero-order valence-corrected chi connectivity index (χ0v) is 19.5. The third-order valence-corrected chi connectivity index (χ3v) is 7.00. The van der Waals surface area contributed by atoms with Gasteiger partial charge in [-0.25, -0.2) is 4.39 Å². The van der Waals surface area contributed by atoms with Crippen molar-refractivity contribution < 1.29 is 35.5 Å². The van der Waals surface area contributed by atoms with E-state index in [0.29, 0.717) is 18.6 Å². The third kappa shape index (κ3) is 5.83. The van der Waals surface area contributed by atoms with E-state index in [2.05, 4.69) is 9.80 Å². The molecule has 0 aliphatic carbocycles. The highest BCUT2D eigenvalue weighted by Gasteiger charge is 2.40. The van der Waals surface area contributed by atoms with Crippen LogP contribution in [-0.4, -0.2) is 73.0 Å². The van der Waals surface area contributed by atoms with E-state index >= 15 is 0 Å². The molecule has 2 atom stereocenters. The Morgan fingerprint density at radius 3 is 1.92 bits per heavy atom. The number of piperidine rings is 1. The van der Waals surface area contributed by atoms with E-state index in [0.717, 1.165) is 31.7 Å². The molecule has 2 saturated heterocycles. The molecule has 2 aromatic rings. The average molecular weight is 517 g/mol. The number of halogens is 7. The summed E-state index contributed by atoms with van der Waals surface area (Å²) in [7, 11) is 2.01. The standard InChI is InChI=1S/C25H26F7N3O/c1-33-8-10-34(11-9-33)22-6-7-35(15-21(22)16-2-4-20(26)5-3-16)23(36)17-12-18(24(27,28)29)14-19(13-17)25(30,31)32/h2-5,12-14,21-22H,6-11,15H2,1H3/t21-,22-/m1/s1. The molecule has 1 amide bonds. The quantitative estimate of drug-likeness (QED) is 0.530. The third-order valence-electron chi connectivity index (χ3n) is 7.00. The van der Waals surface area contributed by atoms with Gasteiger partial charge in [0.25, 0.3) is 5.91 Å². The highest BCUT2D eigenvalue weighted by Crippen LogP contribution is 2.38. The number of alkyl halides is 6. The molecule has 0 radical (unpaired) electrons. The van der Waals surface area contributed by atoms with Crippen LogP contribution in [0.2, 0.25) is 0 Å². The van der Waals surface area contributed by atoms with Crippen LogP contribution in [0.5, 0.6) is 0 Å². The first-order chi connectivity index (χ1) is 16.8. The molecule has 11 heteroatoms. The van der Waals surface area contributed by atoms with Gasteiger partial charge in [-0.3, -0.25) is 9.69 Å². The second-order valence-corrected chi connectivity index (χ2v) is 9.40. The Balaban J connectivity index is 1.64. The summed E-state index contributed by atoms with van der Waals surface area (Å²) in [6.45, 7) is 3.55. The van der Waals surface area contributed by atoms with Crippen molar-refractivity contribution >= 4 is 5.91 Å². The number of likely N-dealkylation sites (N-methyl/N-ethyl adjacent to an activating group) is 1.